The Labute approximate surface area is 171 Å². The van der Waals surface area contributed by atoms with Gasteiger partial charge in [0.25, 0.3) is 5.91 Å². The lowest BCUT2D eigenvalue weighted by Gasteiger charge is -2.25. The van der Waals surface area contributed by atoms with Crippen molar-refractivity contribution in [2.45, 2.75) is 25.9 Å². The van der Waals surface area contributed by atoms with Gasteiger partial charge in [-0.1, -0.05) is 36.4 Å². The van der Waals surface area contributed by atoms with Crippen LogP contribution in [0.2, 0.25) is 0 Å². The number of ether oxygens (including phenoxy) is 1. The summed E-state index contributed by atoms with van der Waals surface area (Å²) >= 11 is 1.65. The molecule has 6 heteroatoms. The Bertz CT molecular complexity index is 810. The third-order valence-electron chi connectivity index (χ3n) is 4.61. The molecule has 2 aromatic rings. The number of hydrogen-bond donors (Lipinski definition) is 1. The molecular formula is C22H28N2O3S. The summed E-state index contributed by atoms with van der Waals surface area (Å²) in [5.41, 5.74) is 2.66. The van der Waals surface area contributed by atoms with Crippen molar-refractivity contribution in [2.24, 2.45) is 0 Å². The summed E-state index contributed by atoms with van der Waals surface area (Å²) in [5.74, 6) is 0.868. The largest absolute Gasteiger partial charge is 0.496 e. The molecule has 0 saturated heterocycles. The van der Waals surface area contributed by atoms with Gasteiger partial charge in [0.1, 0.15) is 11.8 Å². The Morgan fingerprint density at radius 2 is 1.82 bits per heavy atom. The first-order valence-electron chi connectivity index (χ1n) is 9.20. The number of benzene rings is 2. The Kier molecular flexibility index (Phi) is 8.39. The number of thioether (sulfide) groups is 1. The van der Waals surface area contributed by atoms with Crippen LogP contribution < -0.4 is 10.1 Å². The molecule has 5 nitrogen and oxygen atoms in total. The van der Waals surface area contributed by atoms with Gasteiger partial charge in [0.15, 0.2) is 0 Å². The van der Waals surface area contributed by atoms with Gasteiger partial charge in [-0.15, -0.1) is 0 Å². The van der Waals surface area contributed by atoms with E-state index in [2.05, 4.69) is 5.32 Å². The molecule has 1 unspecified atom stereocenters. The maximum atomic E-state index is 13.1. The van der Waals surface area contributed by atoms with Crippen LogP contribution >= 0.6 is 11.8 Å². The topological polar surface area (TPSA) is 58.6 Å². The normalized spacial score (nSPS) is 11.6. The Morgan fingerprint density at radius 3 is 2.50 bits per heavy atom. The van der Waals surface area contributed by atoms with Gasteiger partial charge in [-0.3, -0.25) is 9.59 Å². The quantitative estimate of drug-likeness (QED) is 0.700. The number of carbonyl (C=O) groups is 2. The monoisotopic (exact) mass is 400 g/mol. The van der Waals surface area contributed by atoms with Crippen LogP contribution in [0.25, 0.3) is 0 Å². The van der Waals surface area contributed by atoms with Crippen molar-refractivity contribution in [1.82, 2.24) is 10.2 Å². The maximum Gasteiger partial charge on any atom is 0.255 e. The van der Waals surface area contributed by atoms with E-state index in [0.29, 0.717) is 24.3 Å². The van der Waals surface area contributed by atoms with Crippen molar-refractivity contribution in [2.75, 3.05) is 26.2 Å². The zero-order valence-electron chi connectivity index (χ0n) is 16.9. The minimum atomic E-state index is -0.584. The molecule has 2 aromatic carbocycles. The highest BCUT2D eigenvalue weighted by molar-refractivity contribution is 7.98. The molecular weight excluding hydrogens is 372 g/mol. The molecule has 0 aromatic heterocycles. The molecule has 0 saturated carbocycles. The van der Waals surface area contributed by atoms with Crippen molar-refractivity contribution in [3.8, 4) is 5.75 Å². The summed E-state index contributed by atoms with van der Waals surface area (Å²) in [6.07, 6.45) is 2.56. The minimum Gasteiger partial charge on any atom is -0.496 e. The summed E-state index contributed by atoms with van der Waals surface area (Å²) in [6.45, 7) is 2.54. The van der Waals surface area contributed by atoms with Crippen LogP contribution in [0.4, 0.5) is 0 Å². The van der Waals surface area contributed by atoms with Crippen LogP contribution in [0.1, 0.15) is 27.9 Å². The average Bonchev–Trinajstić information content (AvgIpc) is 2.71. The Morgan fingerprint density at radius 1 is 1.14 bits per heavy atom. The van der Waals surface area contributed by atoms with E-state index in [4.69, 9.17) is 4.74 Å². The van der Waals surface area contributed by atoms with E-state index >= 15 is 0 Å². The standard InChI is InChI=1S/C22H28N2O3S/c1-16-9-5-6-10-17(16)15-24(2)22(26)19(13-14-28-4)23-21(25)18-11-7-8-12-20(18)27-3/h5-12,19H,13-15H2,1-4H3,(H,23,25). The predicted octanol–water partition coefficient (Wildman–Crippen LogP) is 3.51. The number of para-hydroxylation sites is 1. The van der Waals surface area contributed by atoms with Gasteiger partial charge in [-0.2, -0.15) is 11.8 Å². The lowest BCUT2D eigenvalue weighted by Crippen LogP contribution is -2.47. The molecule has 0 spiro atoms. The van der Waals surface area contributed by atoms with Crippen LogP contribution in [0.15, 0.2) is 48.5 Å². The molecule has 0 aliphatic rings. The second-order valence-corrected chi connectivity index (χ2v) is 7.61. The highest BCUT2D eigenvalue weighted by Gasteiger charge is 2.25. The first kappa shape index (κ1) is 21.8. The molecule has 0 fully saturated rings. The van der Waals surface area contributed by atoms with Gasteiger partial charge in [0, 0.05) is 13.6 Å². The number of nitrogens with one attached hydrogen (secondary N) is 1. The van der Waals surface area contributed by atoms with Crippen molar-refractivity contribution >= 4 is 23.6 Å². The summed E-state index contributed by atoms with van der Waals surface area (Å²) < 4.78 is 5.27. The van der Waals surface area contributed by atoms with Crippen molar-refractivity contribution in [3.63, 3.8) is 0 Å². The van der Waals surface area contributed by atoms with Crippen LogP contribution in [-0.4, -0.2) is 48.9 Å². The zero-order chi connectivity index (χ0) is 20.5. The fourth-order valence-electron chi connectivity index (χ4n) is 2.95. The lowest BCUT2D eigenvalue weighted by molar-refractivity contribution is -0.132. The van der Waals surface area contributed by atoms with E-state index in [1.54, 1.807) is 41.9 Å². The molecule has 0 radical (unpaired) electrons. The van der Waals surface area contributed by atoms with Crippen LogP contribution in [0, 0.1) is 6.92 Å². The minimum absolute atomic E-state index is 0.0967. The first-order valence-corrected chi connectivity index (χ1v) is 10.6. The van der Waals surface area contributed by atoms with Gasteiger partial charge in [0.05, 0.1) is 12.7 Å². The van der Waals surface area contributed by atoms with Crippen LogP contribution in [0.3, 0.4) is 0 Å². The van der Waals surface area contributed by atoms with E-state index < -0.39 is 6.04 Å². The molecule has 28 heavy (non-hydrogen) atoms. The molecule has 0 aliphatic carbocycles. The lowest BCUT2D eigenvalue weighted by atomic mass is 10.1. The number of nitrogens with zero attached hydrogens (tertiary/aromatic N) is 1. The number of aryl methyl sites for hydroxylation is 1. The van der Waals surface area contributed by atoms with Gasteiger partial charge < -0.3 is 15.0 Å². The summed E-state index contributed by atoms with van der Waals surface area (Å²) in [4.78, 5) is 27.5. The molecule has 1 atom stereocenters. The van der Waals surface area contributed by atoms with Gasteiger partial charge in [0.2, 0.25) is 5.91 Å². The summed E-state index contributed by atoms with van der Waals surface area (Å²) in [5, 5.41) is 2.90. The molecule has 2 rings (SSSR count). The van der Waals surface area contributed by atoms with E-state index in [-0.39, 0.29) is 11.8 Å². The van der Waals surface area contributed by atoms with Gasteiger partial charge in [-0.05, 0) is 48.6 Å². The van der Waals surface area contributed by atoms with Gasteiger partial charge >= 0.3 is 0 Å². The van der Waals surface area contributed by atoms with Crippen molar-refractivity contribution < 1.29 is 14.3 Å². The number of carbonyl (C=O) groups excluding carboxylic acids is 2. The number of rotatable bonds is 9. The highest BCUT2D eigenvalue weighted by atomic mass is 32.2. The number of likely N-dealkylation sites (N-methyl/N-ethyl adjacent to an activating group) is 1. The van der Waals surface area contributed by atoms with Crippen molar-refractivity contribution in [3.05, 3.63) is 65.2 Å². The summed E-state index contributed by atoms with van der Waals surface area (Å²) in [6, 6.07) is 14.4. The highest BCUT2D eigenvalue weighted by Crippen LogP contribution is 2.18. The van der Waals surface area contributed by atoms with E-state index in [9.17, 15) is 9.59 Å². The van der Waals surface area contributed by atoms with E-state index in [0.717, 1.165) is 16.9 Å². The molecule has 0 bridgehead atoms. The second-order valence-electron chi connectivity index (χ2n) is 6.63. The maximum absolute atomic E-state index is 13.1. The average molecular weight is 401 g/mol. The third-order valence-corrected chi connectivity index (χ3v) is 5.25. The summed E-state index contributed by atoms with van der Waals surface area (Å²) in [7, 11) is 3.30. The smallest absolute Gasteiger partial charge is 0.255 e. The zero-order valence-corrected chi connectivity index (χ0v) is 17.7. The molecule has 150 valence electrons. The first-order chi connectivity index (χ1) is 13.5. The number of amides is 2. The molecule has 1 N–H and O–H groups in total. The molecule has 2 amide bonds. The molecule has 0 aliphatic heterocycles. The van der Waals surface area contributed by atoms with E-state index in [1.807, 2.05) is 43.5 Å². The van der Waals surface area contributed by atoms with Crippen LogP contribution in [-0.2, 0) is 11.3 Å². The van der Waals surface area contributed by atoms with Gasteiger partial charge in [-0.25, -0.2) is 0 Å². The fourth-order valence-corrected chi connectivity index (χ4v) is 3.42. The van der Waals surface area contributed by atoms with Crippen molar-refractivity contribution in [1.29, 1.82) is 0 Å². The number of methoxy groups -OCH3 is 1. The second kappa shape index (κ2) is 10.8. The Balaban J connectivity index is 2.14. The Hall–Kier alpha value is -2.47. The number of hydrogen-bond acceptors (Lipinski definition) is 4. The molecule has 0 heterocycles. The fraction of sp³-hybridized carbons (Fsp3) is 0.364. The third kappa shape index (κ3) is 5.76. The van der Waals surface area contributed by atoms with Crippen LogP contribution in [0.5, 0.6) is 5.75 Å². The predicted molar refractivity (Wildman–Crippen MR) is 115 cm³/mol. The van der Waals surface area contributed by atoms with E-state index in [1.165, 1.54) is 7.11 Å². The SMILES string of the molecule is COc1ccccc1C(=O)NC(CCSC)C(=O)N(C)Cc1ccccc1C.